The van der Waals surface area contributed by atoms with Crippen LogP contribution in [0.3, 0.4) is 0 Å². The number of carboxylic acid groups (broad SMARTS) is 1. The second kappa shape index (κ2) is 22.5. The fourth-order valence-corrected chi connectivity index (χ4v) is 4.94. The molecule has 208 valence electrons. The molecule has 0 aromatic rings. The Labute approximate surface area is 217 Å². The molecule has 0 spiro atoms. The molecule has 0 bridgehead atoms. The first-order chi connectivity index (χ1) is 17.0. The maximum absolute atomic E-state index is 9.00. The molecular weight excluding hydrogens is 440 g/mol. The molecule has 5 nitrogen and oxygen atoms in total. The fraction of sp³-hybridized carbons (Fsp3) is 0.967. The lowest BCUT2D eigenvalue weighted by atomic mass is 10.0. The molecule has 2 rings (SSSR count). The van der Waals surface area contributed by atoms with Crippen molar-refractivity contribution in [2.45, 2.75) is 174 Å². The van der Waals surface area contributed by atoms with Gasteiger partial charge in [0.25, 0.3) is 5.97 Å². The molecule has 0 aromatic carbocycles. The number of rotatable bonds is 22. The number of hydrogen-bond donors (Lipinski definition) is 1. The van der Waals surface area contributed by atoms with Crippen LogP contribution in [0.2, 0.25) is 0 Å². The maximum atomic E-state index is 9.00. The van der Waals surface area contributed by atoms with Crippen LogP contribution in [0.15, 0.2) is 0 Å². The van der Waals surface area contributed by atoms with Gasteiger partial charge in [-0.2, -0.15) is 0 Å². The highest BCUT2D eigenvalue weighted by Gasteiger charge is 2.17. The average Bonchev–Trinajstić information content (AvgIpc) is 2.77. The van der Waals surface area contributed by atoms with E-state index in [2.05, 4.69) is 13.8 Å². The molecule has 2 fully saturated rings. The topological polar surface area (TPSA) is 65.0 Å². The van der Waals surface area contributed by atoms with Gasteiger partial charge in [0.1, 0.15) is 0 Å². The zero-order chi connectivity index (χ0) is 25.6. The first kappa shape index (κ1) is 32.4. The Morgan fingerprint density at radius 2 is 1.03 bits per heavy atom. The molecule has 0 saturated carbocycles. The molecule has 2 saturated heterocycles. The third kappa shape index (κ3) is 19.2. The smallest absolute Gasteiger partial charge is 0.300 e. The van der Waals surface area contributed by atoms with Gasteiger partial charge in [-0.15, -0.1) is 0 Å². The number of carboxylic acids is 1. The maximum Gasteiger partial charge on any atom is 0.300 e. The van der Waals surface area contributed by atoms with Crippen molar-refractivity contribution < 1.29 is 24.1 Å². The lowest BCUT2D eigenvalue weighted by Crippen LogP contribution is -2.26. The Bertz CT molecular complexity index is 435. The van der Waals surface area contributed by atoms with Crippen LogP contribution in [0, 0.1) is 0 Å². The zero-order valence-electron chi connectivity index (χ0n) is 23.4. The van der Waals surface area contributed by atoms with E-state index >= 15 is 0 Å². The Balaban J connectivity index is 0.00000142. The molecule has 0 radical (unpaired) electrons. The average molecular weight is 499 g/mol. The second-order valence-corrected chi connectivity index (χ2v) is 10.7. The SMILES string of the molecule is CC(=O)O.CCC(CCCCCCCCC1CCO1)OC(CC)CCCCCCCCC1CCO1. The third-order valence-electron chi connectivity index (χ3n) is 7.49. The van der Waals surface area contributed by atoms with Gasteiger partial charge in [0.2, 0.25) is 0 Å². The molecule has 35 heavy (non-hydrogen) atoms. The predicted molar refractivity (Wildman–Crippen MR) is 145 cm³/mol. The number of aliphatic carboxylic acids is 1. The Kier molecular flexibility index (Phi) is 20.9. The van der Waals surface area contributed by atoms with E-state index in [1.807, 2.05) is 0 Å². The van der Waals surface area contributed by atoms with Gasteiger partial charge in [0, 0.05) is 20.1 Å². The summed E-state index contributed by atoms with van der Waals surface area (Å²) in [5.41, 5.74) is 0. The first-order valence-electron chi connectivity index (χ1n) is 15.1. The van der Waals surface area contributed by atoms with Crippen LogP contribution >= 0.6 is 0 Å². The largest absolute Gasteiger partial charge is 0.481 e. The Morgan fingerprint density at radius 1 is 0.714 bits per heavy atom. The van der Waals surface area contributed by atoms with Gasteiger partial charge in [0.05, 0.1) is 24.4 Å². The van der Waals surface area contributed by atoms with E-state index < -0.39 is 5.97 Å². The van der Waals surface area contributed by atoms with Crippen molar-refractivity contribution in [3.63, 3.8) is 0 Å². The summed E-state index contributed by atoms with van der Waals surface area (Å²) in [7, 11) is 0. The summed E-state index contributed by atoms with van der Waals surface area (Å²) in [5, 5.41) is 7.42. The molecule has 4 atom stereocenters. The van der Waals surface area contributed by atoms with E-state index in [0.717, 1.165) is 20.1 Å². The highest BCUT2D eigenvalue weighted by molar-refractivity contribution is 5.62. The number of unbranched alkanes of at least 4 members (excludes halogenated alkanes) is 10. The van der Waals surface area contributed by atoms with Gasteiger partial charge in [-0.25, -0.2) is 0 Å². The highest BCUT2D eigenvalue weighted by Crippen LogP contribution is 2.22. The summed E-state index contributed by atoms with van der Waals surface area (Å²) >= 11 is 0. The highest BCUT2D eigenvalue weighted by atomic mass is 16.5. The van der Waals surface area contributed by atoms with Crippen molar-refractivity contribution in [2.24, 2.45) is 0 Å². The van der Waals surface area contributed by atoms with Crippen LogP contribution in [0.5, 0.6) is 0 Å². The van der Waals surface area contributed by atoms with Gasteiger partial charge in [-0.05, 0) is 51.4 Å². The van der Waals surface area contributed by atoms with Gasteiger partial charge < -0.3 is 19.3 Å². The second-order valence-electron chi connectivity index (χ2n) is 10.7. The van der Waals surface area contributed by atoms with Crippen LogP contribution in [-0.2, 0) is 19.0 Å². The van der Waals surface area contributed by atoms with E-state index in [4.69, 9.17) is 24.1 Å². The lowest BCUT2D eigenvalue weighted by Gasteiger charge is -2.26. The van der Waals surface area contributed by atoms with E-state index in [0.29, 0.717) is 24.4 Å². The minimum Gasteiger partial charge on any atom is -0.481 e. The summed E-state index contributed by atoms with van der Waals surface area (Å²) in [6.45, 7) is 7.69. The van der Waals surface area contributed by atoms with Crippen molar-refractivity contribution in [1.29, 1.82) is 0 Å². The molecule has 4 unspecified atom stereocenters. The summed E-state index contributed by atoms with van der Waals surface area (Å²) in [5.74, 6) is -0.833. The Morgan fingerprint density at radius 3 is 1.31 bits per heavy atom. The van der Waals surface area contributed by atoms with E-state index in [-0.39, 0.29) is 0 Å². The fourth-order valence-electron chi connectivity index (χ4n) is 4.94. The van der Waals surface area contributed by atoms with Crippen LogP contribution in [0.25, 0.3) is 0 Å². The molecule has 2 heterocycles. The molecular formula is C30H58O5. The van der Waals surface area contributed by atoms with Crippen LogP contribution in [0.1, 0.15) is 149 Å². The minimum absolute atomic E-state index is 0.481. The normalized spacial score (nSPS) is 20.8. The van der Waals surface area contributed by atoms with Crippen molar-refractivity contribution >= 4 is 5.97 Å². The van der Waals surface area contributed by atoms with Gasteiger partial charge >= 0.3 is 0 Å². The molecule has 1 N–H and O–H groups in total. The molecule has 2 aliphatic rings. The number of carbonyl (C=O) groups is 1. The molecule has 2 aliphatic heterocycles. The molecule has 5 heteroatoms. The van der Waals surface area contributed by atoms with Crippen molar-refractivity contribution in [1.82, 2.24) is 0 Å². The van der Waals surface area contributed by atoms with E-state index in [9.17, 15) is 0 Å². The molecule has 0 aromatic heterocycles. The van der Waals surface area contributed by atoms with Crippen LogP contribution < -0.4 is 0 Å². The van der Waals surface area contributed by atoms with E-state index in [1.165, 1.54) is 128 Å². The monoisotopic (exact) mass is 498 g/mol. The summed E-state index contributed by atoms with van der Waals surface area (Å²) in [6, 6.07) is 0. The summed E-state index contributed by atoms with van der Waals surface area (Å²) < 4.78 is 17.5. The van der Waals surface area contributed by atoms with Crippen LogP contribution in [-0.4, -0.2) is 48.7 Å². The standard InChI is InChI=1S/C28H54O3.C2H4O2/c1-3-25(17-13-9-5-7-11-15-19-27-21-23-29-27)31-26(4-2)18-14-10-6-8-12-16-20-28-22-24-30-28;1-2(3)4/h25-28H,3-24H2,1-2H3;1H3,(H,3,4). The predicted octanol–water partition coefficient (Wildman–Crippen LogP) is 8.47. The summed E-state index contributed by atoms with van der Waals surface area (Å²) in [4.78, 5) is 9.00. The molecule has 0 amide bonds. The minimum atomic E-state index is -0.833. The van der Waals surface area contributed by atoms with Gasteiger partial charge in [0.15, 0.2) is 0 Å². The quantitative estimate of drug-likeness (QED) is 0.152. The number of ether oxygens (including phenoxy) is 3. The van der Waals surface area contributed by atoms with Crippen molar-refractivity contribution in [3.8, 4) is 0 Å². The van der Waals surface area contributed by atoms with Crippen molar-refractivity contribution in [2.75, 3.05) is 13.2 Å². The lowest BCUT2D eigenvalue weighted by molar-refractivity contribution is -0.134. The van der Waals surface area contributed by atoms with Gasteiger partial charge in [-0.1, -0.05) is 90.9 Å². The molecule has 0 aliphatic carbocycles. The summed E-state index contributed by atoms with van der Waals surface area (Å²) in [6.07, 6.45) is 28.7. The van der Waals surface area contributed by atoms with Crippen molar-refractivity contribution in [3.05, 3.63) is 0 Å². The van der Waals surface area contributed by atoms with Crippen LogP contribution in [0.4, 0.5) is 0 Å². The van der Waals surface area contributed by atoms with Gasteiger partial charge in [-0.3, -0.25) is 4.79 Å². The van der Waals surface area contributed by atoms with E-state index in [1.54, 1.807) is 0 Å². The number of hydrogen-bond acceptors (Lipinski definition) is 4. The first-order valence-corrected chi connectivity index (χ1v) is 15.1. The Hall–Kier alpha value is -0.650. The third-order valence-corrected chi connectivity index (χ3v) is 7.49. The zero-order valence-corrected chi connectivity index (χ0v) is 23.4.